The van der Waals surface area contributed by atoms with E-state index in [1.54, 1.807) is 5.38 Å². The van der Waals surface area contributed by atoms with Crippen molar-refractivity contribution >= 4 is 11.3 Å². The third-order valence-corrected chi connectivity index (χ3v) is 3.13. The zero-order chi connectivity index (χ0) is 10.4. The lowest BCUT2D eigenvalue weighted by atomic mass is 10.2. The maximum absolute atomic E-state index is 12.9. The van der Waals surface area contributed by atoms with Gasteiger partial charge in [-0.3, -0.25) is 0 Å². The summed E-state index contributed by atoms with van der Waals surface area (Å²) < 4.78 is 30.6. The minimum absolute atomic E-state index is 0.277. The summed E-state index contributed by atoms with van der Waals surface area (Å²) in [4.78, 5) is 4.02. The predicted octanol–water partition coefficient (Wildman–Crippen LogP) is 1.48. The first-order valence-electron chi connectivity index (χ1n) is 4.10. The number of hydrogen-bond donors (Lipinski definition) is 1. The lowest BCUT2D eigenvalue weighted by Crippen LogP contribution is -2.27. The van der Waals surface area contributed by atoms with Crippen molar-refractivity contribution in [1.82, 2.24) is 4.98 Å². The monoisotopic (exact) mass is 220 g/mol. The van der Waals surface area contributed by atoms with E-state index in [9.17, 15) is 8.78 Å². The minimum atomic E-state index is -2.80. The highest BCUT2D eigenvalue weighted by Crippen LogP contribution is 2.57. The fraction of sp³-hybridized carbons (Fsp3) is 0.625. The average Bonchev–Trinajstić information content (AvgIpc) is 2.51. The molecule has 2 rings (SSSR count). The first-order chi connectivity index (χ1) is 6.49. The molecule has 0 bridgehead atoms. The maximum Gasteiger partial charge on any atom is 0.273 e. The lowest BCUT2D eigenvalue weighted by molar-refractivity contribution is 0.0881. The standard InChI is InChI=1S/C8H10F2N2OS/c1-13-2-6-12-5(3-14-6)7(11)4-8(7,9)10/h3H,2,4,11H2,1H3. The lowest BCUT2D eigenvalue weighted by Gasteiger charge is -2.05. The van der Waals surface area contributed by atoms with E-state index in [4.69, 9.17) is 10.5 Å². The zero-order valence-electron chi connectivity index (χ0n) is 7.59. The van der Waals surface area contributed by atoms with Crippen LogP contribution in [0.5, 0.6) is 0 Å². The molecule has 1 unspecified atom stereocenters. The molecule has 1 aromatic rings. The molecule has 14 heavy (non-hydrogen) atoms. The van der Waals surface area contributed by atoms with Gasteiger partial charge >= 0.3 is 0 Å². The maximum atomic E-state index is 12.9. The Bertz CT molecular complexity index is 355. The quantitative estimate of drug-likeness (QED) is 0.839. The second kappa shape index (κ2) is 2.95. The molecule has 0 saturated heterocycles. The van der Waals surface area contributed by atoms with Gasteiger partial charge in [-0.05, 0) is 0 Å². The summed E-state index contributed by atoms with van der Waals surface area (Å²) in [6, 6.07) is 0. The van der Waals surface area contributed by atoms with Gasteiger partial charge in [0.2, 0.25) is 0 Å². The molecule has 0 amide bonds. The Kier molecular flexibility index (Phi) is 2.09. The van der Waals surface area contributed by atoms with Gasteiger partial charge in [-0.15, -0.1) is 11.3 Å². The molecule has 0 radical (unpaired) electrons. The number of aromatic nitrogens is 1. The number of nitrogens with zero attached hydrogens (tertiary/aromatic N) is 1. The molecule has 1 fully saturated rings. The molecule has 1 heterocycles. The van der Waals surface area contributed by atoms with Crippen LogP contribution in [0.4, 0.5) is 8.78 Å². The third-order valence-electron chi connectivity index (χ3n) is 2.31. The second-order valence-electron chi connectivity index (χ2n) is 3.41. The van der Waals surface area contributed by atoms with Gasteiger partial charge in [0, 0.05) is 18.9 Å². The highest BCUT2D eigenvalue weighted by molar-refractivity contribution is 7.09. The van der Waals surface area contributed by atoms with E-state index >= 15 is 0 Å². The Morgan fingerprint density at radius 1 is 1.71 bits per heavy atom. The van der Waals surface area contributed by atoms with Crippen LogP contribution in [0.2, 0.25) is 0 Å². The molecular weight excluding hydrogens is 210 g/mol. The van der Waals surface area contributed by atoms with Crippen molar-refractivity contribution in [2.24, 2.45) is 5.73 Å². The molecule has 0 aromatic carbocycles. The van der Waals surface area contributed by atoms with Crippen molar-refractivity contribution in [2.75, 3.05) is 7.11 Å². The highest BCUT2D eigenvalue weighted by atomic mass is 32.1. The zero-order valence-corrected chi connectivity index (χ0v) is 8.41. The molecular formula is C8H10F2N2OS. The predicted molar refractivity (Wildman–Crippen MR) is 48.3 cm³/mol. The largest absolute Gasteiger partial charge is 0.378 e. The first-order valence-corrected chi connectivity index (χ1v) is 4.98. The molecule has 3 nitrogen and oxygen atoms in total. The van der Waals surface area contributed by atoms with Gasteiger partial charge in [0.05, 0.1) is 12.3 Å². The number of rotatable bonds is 3. The number of nitrogens with two attached hydrogens (primary N) is 1. The van der Waals surface area contributed by atoms with E-state index < -0.39 is 11.5 Å². The topological polar surface area (TPSA) is 48.1 Å². The average molecular weight is 220 g/mol. The van der Waals surface area contributed by atoms with Crippen LogP contribution in [-0.4, -0.2) is 18.0 Å². The molecule has 6 heteroatoms. The Morgan fingerprint density at radius 2 is 2.36 bits per heavy atom. The van der Waals surface area contributed by atoms with Crippen molar-refractivity contribution < 1.29 is 13.5 Å². The number of alkyl halides is 2. The summed E-state index contributed by atoms with van der Waals surface area (Å²) in [5.41, 5.74) is 4.25. The van der Waals surface area contributed by atoms with Crippen LogP contribution in [0.3, 0.4) is 0 Å². The van der Waals surface area contributed by atoms with E-state index in [-0.39, 0.29) is 12.1 Å². The SMILES string of the molecule is COCc1nc(C2(N)CC2(F)F)cs1. The molecule has 1 aliphatic carbocycles. The Hall–Kier alpha value is -0.590. The number of hydrogen-bond acceptors (Lipinski definition) is 4. The van der Waals surface area contributed by atoms with Gasteiger partial charge < -0.3 is 10.5 Å². The van der Waals surface area contributed by atoms with Crippen LogP contribution in [0.15, 0.2) is 5.38 Å². The van der Waals surface area contributed by atoms with Crippen molar-refractivity contribution in [1.29, 1.82) is 0 Å². The molecule has 1 aromatic heterocycles. The molecule has 0 spiro atoms. The second-order valence-corrected chi connectivity index (χ2v) is 4.35. The van der Waals surface area contributed by atoms with E-state index in [1.165, 1.54) is 18.4 Å². The van der Waals surface area contributed by atoms with Crippen molar-refractivity contribution in [2.45, 2.75) is 24.5 Å². The van der Waals surface area contributed by atoms with Crippen molar-refractivity contribution in [3.8, 4) is 0 Å². The molecule has 0 aliphatic heterocycles. The molecule has 2 N–H and O–H groups in total. The first kappa shape index (κ1) is 9.95. The number of methoxy groups -OCH3 is 1. The highest BCUT2D eigenvalue weighted by Gasteiger charge is 2.71. The minimum Gasteiger partial charge on any atom is -0.378 e. The summed E-state index contributed by atoms with van der Waals surface area (Å²) in [6.45, 7) is 0.340. The van der Waals surface area contributed by atoms with Crippen LogP contribution >= 0.6 is 11.3 Å². The molecule has 1 saturated carbocycles. The van der Waals surface area contributed by atoms with Crippen LogP contribution < -0.4 is 5.73 Å². The van der Waals surface area contributed by atoms with E-state index in [1.807, 2.05) is 0 Å². The number of halogens is 2. The van der Waals surface area contributed by atoms with Gasteiger partial charge in [-0.25, -0.2) is 13.8 Å². The van der Waals surface area contributed by atoms with Gasteiger partial charge in [0.25, 0.3) is 5.92 Å². The fourth-order valence-electron chi connectivity index (χ4n) is 1.29. The number of ether oxygens (including phenoxy) is 1. The fourth-order valence-corrected chi connectivity index (χ4v) is 2.14. The molecule has 1 atom stereocenters. The van der Waals surface area contributed by atoms with Gasteiger partial charge in [0.15, 0.2) is 0 Å². The Balaban J connectivity index is 2.19. The summed E-state index contributed by atoms with van der Waals surface area (Å²) in [7, 11) is 1.53. The normalized spacial score (nSPS) is 29.1. The Labute approximate surface area is 83.9 Å². The van der Waals surface area contributed by atoms with Gasteiger partial charge in [-0.2, -0.15) is 0 Å². The smallest absolute Gasteiger partial charge is 0.273 e. The van der Waals surface area contributed by atoms with Crippen molar-refractivity contribution in [3.05, 3.63) is 16.1 Å². The van der Waals surface area contributed by atoms with Crippen LogP contribution in [0.25, 0.3) is 0 Å². The molecule has 1 aliphatic rings. The Morgan fingerprint density at radius 3 is 2.86 bits per heavy atom. The summed E-state index contributed by atoms with van der Waals surface area (Å²) in [5.74, 6) is -2.80. The third kappa shape index (κ3) is 1.34. The number of thiazole rings is 1. The summed E-state index contributed by atoms with van der Waals surface area (Å²) >= 11 is 1.29. The van der Waals surface area contributed by atoms with E-state index in [0.717, 1.165) is 0 Å². The van der Waals surface area contributed by atoms with Crippen LogP contribution in [0.1, 0.15) is 17.1 Å². The van der Waals surface area contributed by atoms with Crippen LogP contribution in [-0.2, 0) is 16.9 Å². The van der Waals surface area contributed by atoms with Crippen LogP contribution in [0, 0.1) is 0 Å². The van der Waals surface area contributed by atoms with E-state index in [0.29, 0.717) is 11.6 Å². The van der Waals surface area contributed by atoms with Crippen molar-refractivity contribution in [3.63, 3.8) is 0 Å². The molecule has 78 valence electrons. The summed E-state index contributed by atoms with van der Waals surface area (Å²) in [5, 5.41) is 2.25. The van der Waals surface area contributed by atoms with E-state index in [2.05, 4.69) is 4.98 Å². The summed E-state index contributed by atoms with van der Waals surface area (Å²) in [6.07, 6.45) is -0.309. The van der Waals surface area contributed by atoms with Gasteiger partial charge in [-0.1, -0.05) is 0 Å². The van der Waals surface area contributed by atoms with Gasteiger partial charge in [0.1, 0.15) is 10.5 Å².